The summed E-state index contributed by atoms with van der Waals surface area (Å²) in [6, 6.07) is 7.88. The highest BCUT2D eigenvalue weighted by molar-refractivity contribution is 5.83. The molecule has 0 aliphatic carbocycles. The zero-order valence-corrected chi connectivity index (χ0v) is 14.4. The van der Waals surface area contributed by atoms with Crippen LogP contribution in [0.2, 0.25) is 0 Å². The first kappa shape index (κ1) is 17.8. The molecule has 23 heavy (non-hydrogen) atoms. The Bertz CT molecular complexity index is 507. The Labute approximate surface area is 138 Å². The maximum Gasteiger partial charge on any atom is 0.228 e. The lowest BCUT2D eigenvalue weighted by molar-refractivity contribution is -0.137. The first-order valence-electron chi connectivity index (χ1n) is 8.26. The Hall–Kier alpha value is -1.59. The van der Waals surface area contributed by atoms with E-state index in [4.69, 9.17) is 9.47 Å². The molecule has 2 N–H and O–H groups in total. The molecule has 1 heterocycles. The van der Waals surface area contributed by atoms with Gasteiger partial charge in [0.2, 0.25) is 5.91 Å². The molecular weight excluding hydrogens is 292 g/mol. The van der Waals surface area contributed by atoms with E-state index < -0.39 is 5.41 Å². The highest BCUT2D eigenvalue weighted by atomic mass is 16.5. The number of methoxy groups -OCH3 is 1. The minimum Gasteiger partial charge on any atom is -0.491 e. The number of hydrogen-bond donors (Lipinski definition) is 2. The molecule has 1 aromatic carbocycles. The molecule has 0 saturated carbocycles. The van der Waals surface area contributed by atoms with Gasteiger partial charge in [-0.3, -0.25) is 4.79 Å². The van der Waals surface area contributed by atoms with Crippen LogP contribution >= 0.6 is 0 Å². The largest absolute Gasteiger partial charge is 0.491 e. The van der Waals surface area contributed by atoms with E-state index in [1.54, 1.807) is 7.11 Å². The first-order valence-corrected chi connectivity index (χ1v) is 8.26. The van der Waals surface area contributed by atoms with E-state index in [1.807, 2.05) is 38.1 Å². The van der Waals surface area contributed by atoms with E-state index in [2.05, 4.69) is 10.6 Å². The molecule has 5 heteroatoms. The minimum atomic E-state index is -0.419. The van der Waals surface area contributed by atoms with Crippen molar-refractivity contribution in [3.8, 4) is 5.75 Å². The van der Waals surface area contributed by atoms with Crippen LogP contribution in [-0.4, -0.2) is 45.4 Å². The Morgan fingerprint density at radius 2 is 2.13 bits per heavy atom. The van der Waals surface area contributed by atoms with Gasteiger partial charge in [-0.2, -0.15) is 0 Å². The molecule has 0 spiro atoms. The lowest BCUT2D eigenvalue weighted by Gasteiger charge is -2.36. The van der Waals surface area contributed by atoms with Crippen LogP contribution in [0.3, 0.4) is 0 Å². The third kappa shape index (κ3) is 4.94. The van der Waals surface area contributed by atoms with Gasteiger partial charge in [-0.15, -0.1) is 0 Å². The molecule has 1 atom stereocenters. The monoisotopic (exact) mass is 320 g/mol. The maximum absolute atomic E-state index is 12.7. The summed E-state index contributed by atoms with van der Waals surface area (Å²) in [5.41, 5.74) is 0.741. The van der Waals surface area contributed by atoms with Crippen LogP contribution < -0.4 is 15.4 Å². The summed E-state index contributed by atoms with van der Waals surface area (Å²) in [5.74, 6) is 0.903. The standard InChI is InChI=1S/C18H28N2O3/c1-14-5-4-6-16(11-14)23-12-15(2)20-17(21)18(13-22-3)7-9-19-10-8-18/h4-6,11,15,19H,7-10,12-13H2,1-3H3,(H,20,21). The highest BCUT2D eigenvalue weighted by Crippen LogP contribution is 2.29. The second-order valence-corrected chi connectivity index (χ2v) is 6.47. The van der Waals surface area contributed by atoms with Crippen LogP contribution in [-0.2, 0) is 9.53 Å². The fraction of sp³-hybridized carbons (Fsp3) is 0.611. The molecule has 1 amide bonds. The summed E-state index contributed by atoms with van der Waals surface area (Å²) in [7, 11) is 1.65. The fourth-order valence-electron chi connectivity index (χ4n) is 2.96. The van der Waals surface area contributed by atoms with Crippen LogP contribution in [0.4, 0.5) is 0 Å². The van der Waals surface area contributed by atoms with Crippen molar-refractivity contribution in [3.63, 3.8) is 0 Å². The Kier molecular flexibility index (Phi) is 6.42. The zero-order chi connectivity index (χ0) is 16.7. The lowest BCUT2D eigenvalue weighted by atomic mass is 9.78. The summed E-state index contributed by atoms with van der Waals surface area (Å²) in [6.45, 7) is 6.62. The van der Waals surface area contributed by atoms with Crippen molar-refractivity contribution in [1.29, 1.82) is 0 Å². The third-order valence-corrected chi connectivity index (χ3v) is 4.33. The Balaban J connectivity index is 1.87. The van der Waals surface area contributed by atoms with Gasteiger partial charge in [0.15, 0.2) is 0 Å². The lowest BCUT2D eigenvalue weighted by Crippen LogP contribution is -2.52. The number of carbonyl (C=O) groups is 1. The van der Waals surface area contributed by atoms with Gasteiger partial charge in [0.1, 0.15) is 12.4 Å². The average Bonchev–Trinajstić information content (AvgIpc) is 2.54. The van der Waals surface area contributed by atoms with Crippen molar-refractivity contribution in [2.75, 3.05) is 33.4 Å². The minimum absolute atomic E-state index is 0.0494. The van der Waals surface area contributed by atoms with Crippen molar-refractivity contribution < 1.29 is 14.3 Å². The molecular formula is C18H28N2O3. The van der Waals surface area contributed by atoms with Crippen molar-refractivity contribution in [2.24, 2.45) is 5.41 Å². The topological polar surface area (TPSA) is 59.6 Å². The fourth-order valence-corrected chi connectivity index (χ4v) is 2.96. The van der Waals surface area contributed by atoms with Gasteiger partial charge in [-0.1, -0.05) is 12.1 Å². The number of amides is 1. The van der Waals surface area contributed by atoms with Crippen molar-refractivity contribution in [1.82, 2.24) is 10.6 Å². The summed E-state index contributed by atoms with van der Waals surface area (Å²) in [4.78, 5) is 12.7. The average molecular weight is 320 g/mol. The van der Waals surface area contributed by atoms with Gasteiger partial charge in [0, 0.05) is 7.11 Å². The molecule has 1 aliphatic rings. The van der Waals surface area contributed by atoms with Crippen LogP contribution in [0, 0.1) is 12.3 Å². The van der Waals surface area contributed by atoms with E-state index in [0.717, 1.165) is 37.2 Å². The summed E-state index contributed by atoms with van der Waals surface area (Å²) < 4.78 is 11.1. The SMILES string of the molecule is COCC1(C(=O)NC(C)COc2cccc(C)c2)CCNCC1. The van der Waals surface area contributed by atoms with Crippen LogP contribution in [0.25, 0.3) is 0 Å². The molecule has 1 fully saturated rings. The molecule has 0 aromatic heterocycles. The molecule has 1 unspecified atom stereocenters. The van der Waals surface area contributed by atoms with E-state index in [9.17, 15) is 4.79 Å². The Morgan fingerprint density at radius 3 is 2.78 bits per heavy atom. The molecule has 1 aromatic rings. The molecule has 1 aliphatic heterocycles. The smallest absolute Gasteiger partial charge is 0.228 e. The second kappa shape index (κ2) is 8.31. The van der Waals surface area contributed by atoms with E-state index in [-0.39, 0.29) is 11.9 Å². The van der Waals surface area contributed by atoms with Crippen molar-refractivity contribution >= 4 is 5.91 Å². The number of hydrogen-bond acceptors (Lipinski definition) is 4. The van der Waals surface area contributed by atoms with Gasteiger partial charge in [0.05, 0.1) is 18.1 Å². The van der Waals surface area contributed by atoms with Gasteiger partial charge >= 0.3 is 0 Å². The number of aryl methyl sites for hydroxylation is 1. The van der Waals surface area contributed by atoms with Gasteiger partial charge in [-0.05, 0) is 57.5 Å². The van der Waals surface area contributed by atoms with E-state index >= 15 is 0 Å². The number of nitrogens with one attached hydrogen (secondary N) is 2. The molecule has 0 radical (unpaired) electrons. The van der Waals surface area contributed by atoms with E-state index in [1.165, 1.54) is 0 Å². The third-order valence-electron chi connectivity index (χ3n) is 4.33. The number of piperidine rings is 1. The molecule has 1 saturated heterocycles. The van der Waals surface area contributed by atoms with Crippen LogP contribution in [0.15, 0.2) is 24.3 Å². The van der Waals surface area contributed by atoms with Gasteiger partial charge in [-0.25, -0.2) is 0 Å². The van der Waals surface area contributed by atoms with Crippen molar-refractivity contribution in [2.45, 2.75) is 32.7 Å². The molecule has 5 nitrogen and oxygen atoms in total. The summed E-state index contributed by atoms with van der Waals surface area (Å²) in [5, 5.41) is 6.39. The number of ether oxygens (including phenoxy) is 2. The summed E-state index contributed by atoms with van der Waals surface area (Å²) in [6.07, 6.45) is 1.61. The van der Waals surface area contributed by atoms with Crippen LogP contribution in [0.1, 0.15) is 25.3 Å². The second-order valence-electron chi connectivity index (χ2n) is 6.47. The number of carbonyl (C=O) groups excluding carboxylic acids is 1. The van der Waals surface area contributed by atoms with Crippen molar-refractivity contribution in [3.05, 3.63) is 29.8 Å². The molecule has 0 bridgehead atoms. The highest BCUT2D eigenvalue weighted by Gasteiger charge is 2.40. The zero-order valence-electron chi connectivity index (χ0n) is 14.4. The van der Waals surface area contributed by atoms with Gasteiger partial charge in [0.25, 0.3) is 0 Å². The van der Waals surface area contributed by atoms with Crippen LogP contribution in [0.5, 0.6) is 5.75 Å². The molecule has 128 valence electrons. The predicted molar refractivity (Wildman–Crippen MR) is 90.7 cm³/mol. The quantitative estimate of drug-likeness (QED) is 0.805. The molecule has 2 rings (SSSR count). The number of benzene rings is 1. The first-order chi connectivity index (χ1) is 11.1. The predicted octanol–water partition coefficient (Wildman–Crippen LogP) is 1.89. The maximum atomic E-state index is 12.7. The number of rotatable bonds is 7. The van der Waals surface area contributed by atoms with Gasteiger partial charge < -0.3 is 20.1 Å². The normalized spacial score (nSPS) is 18.2. The Morgan fingerprint density at radius 1 is 1.39 bits per heavy atom. The van der Waals surface area contributed by atoms with E-state index in [0.29, 0.717) is 13.2 Å². The summed E-state index contributed by atoms with van der Waals surface area (Å²) >= 11 is 0.